The summed E-state index contributed by atoms with van der Waals surface area (Å²) in [6, 6.07) is 11.4. The van der Waals surface area contributed by atoms with Gasteiger partial charge in [0, 0.05) is 11.6 Å². The number of anilines is 1. The van der Waals surface area contributed by atoms with E-state index in [-0.39, 0.29) is 11.7 Å². The fourth-order valence-corrected chi connectivity index (χ4v) is 2.73. The molecular formula is C21H21N3O4. The minimum atomic E-state index is -0.350. The first-order chi connectivity index (χ1) is 13.5. The highest BCUT2D eigenvalue weighted by atomic mass is 16.6. The van der Waals surface area contributed by atoms with E-state index < -0.39 is 0 Å². The number of carbonyl (C=O) groups excluding carboxylic acids is 1. The summed E-state index contributed by atoms with van der Waals surface area (Å²) in [5, 5.41) is 10.5. The second kappa shape index (κ2) is 8.39. The lowest BCUT2D eigenvalue weighted by atomic mass is 10.0. The second-order valence-corrected chi connectivity index (χ2v) is 6.22. The second-order valence-electron chi connectivity index (χ2n) is 6.22. The van der Waals surface area contributed by atoms with E-state index in [0.717, 1.165) is 22.3 Å². The molecule has 1 amide bonds. The number of rotatable bonds is 6. The first-order valence-electron chi connectivity index (χ1n) is 8.63. The number of methoxy groups -OCH3 is 2. The van der Waals surface area contributed by atoms with Gasteiger partial charge in [0.2, 0.25) is 11.7 Å². The van der Waals surface area contributed by atoms with Crippen molar-refractivity contribution in [3.8, 4) is 22.8 Å². The standard InChI is InChI=1S/C21H21N3O4/c1-13-5-6-14(2)16(11-13)20-21(24-28-23-20)22-19(25)10-8-15-7-9-17(26-3)18(12-15)27-4/h5-12H,1-4H3,(H,22,24,25)/b10-8+. The van der Waals surface area contributed by atoms with Crippen LogP contribution in [0.4, 0.5) is 5.82 Å². The molecule has 0 unspecified atom stereocenters. The van der Waals surface area contributed by atoms with Gasteiger partial charge < -0.3 is 14.8 Å². The molecule has 0 spiro atoms. The quantitative estimate of drug-likeness (QED) is 0.651. The third-order valence-corrected chi connectivity index (χ3v) is 4.21. The smallest absolute Gasteiger partial charge is 0.249 e. The summed E-state index contributed by atoms with van der Waals surface area (Å²) < 4.78 is 15.3. The third-order valence-electron chi connectivity index (χ3n) is 4.21. The van der Waals surface area contributed by atoms with Crippen LogP contribution in [0.5, 0.6) is 11.5 Å². The van der Waals surface area contributed by atoms with Gasteiger partial charge in [-0.25, -0.2) is 4.63 Å². The first kappa shape index (κ1) is 19.2. The summed E-state index contributed by atoms with van der Waals surface area (Å²) >= 11 is 0. The Morgan fingerprint density at radius 1 is 1.04 bits per heavy atom. The van der Waals surface area contributed by atoms with E-state index in [1.807, 2.05) is 38.1 Å². The van der Waals surface area contributed by atoms with E-state index in [2.05, 4.69) is 15.6 Å². The van der Waals surface area contributed by atoms with Crippen molar-refractivity contribution in [1.29, 1.82) is 0 Å². The number of benzene rings is 2. The molecule has 0 aliphatic heterocycles. The fourth-order valence-electron chi connectivity index (χ4n) is 2.73. The Kier molecular flexibility index (Phi) is 5.74. The third kappa shape index (κ3) is 4.20. The zero-order valence-corrected chi connectivity index (χ0v) is 16.1. The van der Waals surface area contributed by atoms with Gasteiger partial charge in [0.25, 0.3) is 0 Å². The Bertz CT molecular complexity index is 1020. The van der Waals surface area contributed by atoms with Gasteiger partial charge in [-0.3, -0.25) is 4.79 Å². The van der Waals surface area contributed by atoms with Crippen molar-refractivity contribution in [2.45, 2.75) is 13.8 Å². The van der Waals surface area contributed by atoms with E-state index in [1.54, 1.807) is 32.4 Å². The van der Waals surface area contributed by atoms with Crippen LogP contribution in [0, 0.1) is 13.8 Å². The predicted octanol–water partition coefficient (Wildman–Crippen LogP) is 4.02. The molecule has 7 nitrogen and oxygen atoms in total. The minimum absolute atomic E-state index is 0.274. The lowest BCUT2D eigenvalue weighted by Gasteiger charge is -2.07. The van der Waals surface area contributed by atoms with Gasteiger partial charge in [0.1, 0.15) is 0 Å². The monoisotopic (exact) mass is 379 g/mol. The molecule has 0 atom stereocenters. The van der Waals surface area contributed by atoms with E-state index >= 15 is 0 Å². The predicted molar refractivity (Wildman–Crippen MR) is 106 cm³/mol. The highest BCUT2D eigenvalue weighted by Gasteiger charge is 2.16. The van der Waals surface area contributed by atoms with Gasteiger partial charge in [-0.1, -0.05) is 23.8 Å². The molecule has 1 aromatic heterocycles. The number of nitrogens with zero attached hydrogens (tertiary/aromatic N) is 2. The Balaban J connectivity index is 1.77. The Labute approximate surface area is 162 Å². The van der Waals surface area contributed by atoms with Crippen molar-refractivity contribution in [1.82, 2.24) is 10.3 Å². The normalized spacial score (nSPS) is 10.9. The minimum Gasteiger partial charge on any atom is -0.493 e. The zero-order chi connectivity index (χ0) is 20.1. The fraction of sp³-hybridized carbons (Fsp3) is 0.190. The molecule has 2 aromatic carbocycles. The number of nitrogens with one attached hydrogen (secondary N) is 1. The molecule has 3 rings (SSSR count). The zero-order valence-electron chi connectivity index (χ0n) is 16.1. The molecule has 28 heavy (non-hydrogen) atoms. The summed E-state index contributed by atoms with van der Waals surface area (Å²) in [5.74, 6) is 1.13. The summed E-state index contributed by atoms with van der Waals surface area (Å²) in [4.78, 5) is 12.3. The maximum Gasteiger partial charge on any atom is 0.249 e. The maximum atomic E-state index is 12.3. The highest BCUT2D eigenvalue weighted by molar-refractivity contribution is 6.03. The molecule has 0 fully saturated rings. The van der Waals surface area contributed by atoms with Crippen molar-refractivity contribution in [2.75, 3.05) is 19.5 Å². The van der Waals surface area contributed by atoms with Gasteiger partial charge in [0.05, 0.1) is 14.2 Å². The number of hydrogen-bond donors (Lipinski definition) is 1. The van der Waals surface area contributed by atoms with Crippen LogP contribution in [0.2, 0.25) is 0 Å². The number of carbonyl (C=O) groups is 1. The Morgan fingerprint density at radius 3 is 2.57 bits per heavy atom. The number of aryl methyl sites for hydroxylation is 2. The molecule has 144 valence electrons. The van der Waals surface area contributed by atoms with Crippen LogP contribution in [-0.4, -0.2) is 30.4 Å². The molecule has 1 heterocycles. The van der Waals surface area contributed by atoms with Crippen LogP contribution in [-0.2, 0) is 4.79 Å². The molecule has 0 bridgehead atoms. The van der Waals surface area contributed by atoms with Gasteiger partial charge >= 0.3 is 0 Å². The van der Waals surface area contributed by atoms with Gasteiger partial charge in [-0.05, 0) is 59.6 Å². The van der Waals surface area contributed by atoms with Gasteiger partial charge in [-0.15, -0.1) is 0 Å². The molecule has 1 N–H and O–H groups in total. The molecule has 0 saturated heterocycles. The van der Waals surface area contributed by atoms with E-state index in [4.69, 9.17) is 14.1 Å². The molecule has 0 radical (unpaired) electrons. The average Bonchev–Trinajstić information content (AvgIpc) is 3.15. The molecular weight excluding hydrogens is 358 g/mol. The lowest BCUT2D eigenvalue weighted by molar-refractivity contribution is -0.111. The largest absolute Gasteiger partial charge is 0.493 e. The maximum absolute atomic E-state index is 12.3. The van der Waals surface area contributed by atoms with Crippen LogP contribution in [0.25, 0.3) is 17.3 Å². The number of amides is 1. The molecule has 7 heteroatoms. The van der Waals surface area contributed by atoms with Crippen LogP contribution >= 0.6 is 0 Å². The van der Waals surface area contributed by atoms with E-state index in [9.17, 15) is 4.79 Å². The van der Waals surface area contributed by atoms with Crippen molar-refractivity contribution in [2.24, 2.45) is 0 Å². The first-order valence-corrected chi connectivity index (χ1v) is 8.63. The Morgan fingerprint density at radius 2 is 1.82 bits per heavy atom. The van der Waals surface area contributed by atoms with Crippen LogP contribution in [0.1, 0.15) is 16.7 Å². The highest BCUT2D eigenvalue weighted by Crippen LogP contribution is 2.29. The number of ether oxygens (including phenoxy) is 2. The average molecular weight is 379 g/mol. The van der Waals surface area contributed by atoms with Gasteiger partial charge in [-0.2, -0.15) is 0 Å². The number of hydrogen-bond acceptors (Lipinski definition) is 6. The van der Waals surface area contributed by atoms with Crippen LogP contribution in [0.3, 0.4) is 0 Å². The number of aromatic nitrogens is 2. The molecule has 0 aliphatic rings. The van der Waals surface area contributed by atoms with E-state index in [1.165, 1.54) is 6.08 Å². The molecule has 0 saturated carbocycles. The van der Waals surface area contributed by atoms with Crippen molar-refractivity contribution >= 4 is 17.8 Å². The summed E-state index contributed by atoms with van der Waals surface area (Å²) in [5.41, 5.74) is 4.24. The van der Waals surface area contributed by atoms with Crippen molar-refractivity contribution in [3.63, 3.8) is 0 Å². The van der Waals surface area contributed by atoms with E-state index in [0.29, 0.717) is 17.2 Å². The molecule has 0 aliphatic carbocycles. The SMILES string of the molecule is COc1ccc(/C=C/C(=O)Nc2nonc2-c2cc(C)ccc2C)cc1OC. The van der Waals surface area contributed by atoms with Gasteiger partial charge in [0.15, 0.2) is 17.2 Å². The van der Waals surface area contributed by atoms with Crippen LogP contribution < -0.4 is 14.8 Å². The van der Waals surface area contributed by atoms with Crippen molar-refractivity contribution in [3.05, 3.63) is 59.2 Å². The van der Waals surface area contributed by atoms with Crippen LogP contribution in [0.15, 0.2) is 47.1 Å². The summed E-state index contributed by atoms with van der Waals surface area (Å²) in [7, 11) is 3.13. The summed E-state index contributed by atoms with van der Waals surface area (Å²) in [6.07, 6.45) is 3.07. The topological polar surface area (TPSA) is 86.5 Å². The van der Waals surface area contributed by atoms with Crippen molar-refractivity contribution < 1.29 is 18.9 Å². The molecule has 3 aromatic rings. The lowest BCUT2D eigenvalue weighted by Crippen LogP contribution is -2.09. The summed E-state index contributed by atoms with van der Waals surface area (Å²) in [6.45, 7) is 3.95. The Hall–Kier alpha value is -3.61.